The van der Waals surface area contributed by atoms with Crippen LogP contribution in [-0.2, 0) is 6.18 Å². The molecule has 2 aromatic rings. The normalized spacial score (nSPS) is 12.0. The minimum atomic E-state index is -4.60. The number of amides is 2. The highest BCUT2D eigenvalue weighted by molar-refractivity contribution is 6.06. The molecular weight excluding hydrogens is 457 g/mol. The predicted molar refractivity (Wildman–Crippen MR) is 131 cm³/mol. The number of carbonyl (C=O) groups is 1. The molecule has 0 bridgehead atoms. The summed E-state index contributed by atoms with van der Waals surface area (Å²) in [6, 6.07) is 18.0. The summed E-state index contributed by atoms with van der Waals surface area (Å²) in [5.74, 6) is 0. The average molecular weight is 478 g/mol. The van der Waals surface area contributed by atoms with E-state index in [9.17, 15) is 22.8 Å². The van der Waals surface area contributed by atoms with Crippen LogP contribution in [0.5, 0.6) is 0 Å². The van der Waals surface area contributed by atoms with Gasteiger partial charge in [-0.05, 0) is 49.7 Å². The number of halogens is 3. The predicted octanol–water partition coefficient (Wildman–Crippen LogP) is 6.59. The lowest BCUT2D eigenvalue weighted by atomic mass is 10.1. The molecule has 1 aliphatic carbocycles. The Morgan fingerprint density at radius 1 is 0.943 bits per heavy atom. The maximum absolute atomic E-state index is 13.2. The van der Waals surface area contributed by atoms with E-state index in [0.29, 0.717) is 28.3 Å². The van der Waals surface area contributed by atoms with Crippen LogP contribution in [0.2, 0.25) is 0 Å². The molecule has 6 nitrogen and oxygen atoms in total. The van der Waals surface area contributed by atoms with Crippen LogP contribution in [0.3, 0.4) is 0 Å². The first-order valence-corrected chi connectivity index (χ1v) is 10.6. The first-order valence-electron chi connectivity index (χ1n) is 10.6. The number of nitrogens with one attached hydrogen (secondary N) is 3. The van der Waals surface area contributed by atoms with Crippen LogP contribution >= 0.6 is 0 Å². The molecular formula is C26H21F3N4O2. The van der Waals surface area contributed by atoms with Gasteiger partial charge in [-0.15, -0.1) is 0 Å². The molecule has 2 amide bonds. The minimum absolute atomic E-state index is 0.262. The fourth-order valence-corrected chi connectivity index (χ4v) is 3.71. The Morgan fingerprint density at radius 2 is 1.66 bits per heavy atom. The van der Waals surface area contributed by atoms with Gasteiger partial charge in [0.25, 0.3) is 5.56 Å². The summed E-state index contributed by atoms with van der Waals surface area (Å²) in [4.78, 5) is 32.4. The highest BCUT2D eigenvalue weighted by atomic mass is 19.4. The molecule has 178 valence electrons. The first kappa shape index (κ1) is 23.7. The van der Waals surface area contributed by atoms with Gasteiger partial charge in [0.15, 0.2) is 0 Å². The zero-order chi connectivity index (χ0) is 25.2. The SMILES string of the molecule is C/C(=N\c1cc(NC(=O)Nc2ccccc2C(F)(F)F)ccc1C)c1c2cccccc-2[nH]c1=O. The third-order valence-corrected chi connectivity index (χ3v) is 5.38. The number of hydrogen-bond donors (Lipinski definition) is 3. The molecule has 0 aromatic heterocycles. The van der Waals surface area contributed by atoms with Gasteiger partial charge in [0, 0.05) is 16.9 Å². The number of anilines is 2. The summed E-state index contributed by atoms with van der Waals surface area (Å²) in [6.45, 7) is 3.54. The van der Waals surface area contributed by atoms with E-state index in [-0.39, 0.29) is 11.2 Å². The summed E-state index contributed by atoms with van der Waals surface area (Å²) < 4.78 is 39.6. The van der Waals surface area contributed by atoms with Crippen LogP contribution in [-0.4, -0.2) is 16.7 Å². The number of nitrogens with zero attached hydrogens (tertiary/aromatic N) is 1. The van der Waals surface area contributed by atoms with Crippen LogP contribution in [0.4, 0.5) is 35.0 Å². The van der Waals surface area contributed by atoms with Crippen molar-refractivity contribution in [2.45, 2.75) is 20.0 Å². The second kappa shape index (κ2) is 9.46. The summed E-state index contributed by atoms with van der Waals surface area (Å²) >= 11 is 0. The van der Waals surface area contributed by atoms with Crippen LogP contribution in [0.1, 0.15) is 23.6 Å². The van der Waals surface area contributed by atoms with Crippen molar-refractivity contribution in [3.8, 4) is 11.3 Å². The summed E-state index contributed by atoms with van der Waals surface area (Å²) in [7, 11) is 0. The smallest absolute Gasteiger partial charge is 0.321 e. The van der Waals surface area contributed by atoms with Crippen molar-refractivity contribution in [1.82, 2.24) is 4.98 Å². The van der Waals surface area contributed by atoms with E-state index >= 15 is 0 Å². The van der Waals surface area contributed by atoms with Crippen molar-refractivity contribution < 1.29 is 18.0 Å². The Hall–Kier alpha value is -4.40. The van der Waals surface area contributed by atoms with Gasteiger partial charge < -0.3 is 15.6 Å². The van der Waals surface area contributed by atoms with Gasteiger partial charge in [0.2, 0.25) is 0 Å². The highest BCUT2D eigenvalue weighted by Crippen LogP contribution is 2.34. The molecule has 2 aliphatic rings. The van der Waals surface area contributed by atoms with E-state index in [1.54, 1.807) is 31.2 Å². The van der Waals surface area contributed by atoms with E-state index in [1.807, 2.05) is 31.2 Å². The van der Waals surface area contributed by atoms with Gasteiger partial charge in [0.05, 0.1) is 28.2 Å². The Bertz CT molecular complexity index is 1460. The summed E-state index contributed by atoms with van der Waals surface area (Å²) in [5.41, 5.74) is 2.41. The fraction of sp³-hybridized carbons (Fsp3) is 0.115. The average Bonchev–Trinajstić information content (AvgIpc) is 2.94. The molecule has 0 radical (unpaired) electrons. The molecule has 35 heavy (non-hydrogen) atoms. The van der Waals surface area contributed by atoms with Crippen molar-refractivity contribution in [2.24, 2.45) is 4.99 Å². The number of aryl methyl sites for hydroxylation is 1. The maximum atomic E-state index is 13.2. The molecule has 0 saturated heterocycles. The van der Waals surface area contributed by atoms with Crippen molar-refractivity contribution in [1.29, 1.82) is 0 Å². The number of H-pyrrole nitrogens is 1. The van der Waals surface area contributed by atoms with Crippen molar-refractivity contribution in [3.63, 3.8) is 0 Å². The second-order valence-electron chi connectivity index (χ2n) is 7.89. The minimum Gasteiger partial charge on any atom is -0.321 e. The molecule has 0 fully saturated rings. The van der Waals surface area contributed by atoms with Crippen LogP contribution < -0.4 is 16.2 Å². The van der Waals surface area contributed by atoms with Gasteiger partial charge in [-0.2, -0.15) is 13.2 Å². The topological polar surface area (TPSA) is 86.3 Å². The number of urea groups is 1. The lowest BCUT2D eigenvalue weighted by Crippen LogP contribution is -2.21. The number of para-hydroxylation sites is 1. The number of hydrogen-bond acceptors (Lipinski definition) is 3. The molecule has 0 atom stereocenters. The first-order chi connectivity index (χ1) is 16.6. The summed E-state index contributed by atoms with van der Waals surface area (Å²) in [5, 5.41) is 4.78. The van der Waals surface area contributed by atoms with Gasteiger partial charge in [-0.3, -0.25) is 9.79 Å². The molecule has 3 N–H and O–H groups in total. The molecule has 1 aliphatic heterocycles. The number of rotatable bonds is 4. The van der Waals surface area contributed by atoms with Crippen LogP contribution in [0.15, 0.2) is 82.6 Å². The molecule has 1 heterocycles. The van der Waals surface area contributed by atoms with E-state index in [0.717, 1.165) is 17.2 Å². The summed E-state index contributed by atoms with van der Waals surface area (Å²) in [6.07, 6.45) is -4.60. The lowest BCUT2D eigenvalue weighted by molar-refractivity contribution is -0.136. The van der Waals surface area contributed by atoms with E-state index in [1.165, 1.54) is 18.2 Å². The third-order valence-electron chi connectivity index (χ3n) is 5.38. The van der Waals surface area contributed by atoms with Crippen molar-refractivity contribution in [3.05, 3.63) is 99.8 Å². The number of carbonyl (C=O) groups excluding carboxylic acids is 1. The number of aromatic nitrogens is 1. The molecule has 2 aromatic carbocycles. The number of alkyl halides is 3. The van der Waals surface area contributed by atoms with Crippen LogP contribution in [0, 0.1) is 6.92 Å². The Labute approximate surface area is 198 Å². The standard InChI is InChI=1S/C26H21F3N4O2/c1-15-12-13-17(31-25(35)33-21-11-7-6-9-19(21)26(27,28)29)14-22(15)30-16(2)23-18-8-4-3-5-10-20(18)32-24(23)34/h3-14H,1-2H3,(H,32,34)(H2,31,33,35)/b30-16+. The number of fused-ring (bicyclic) bond motifs is 1. The lowest BCUT2D eigenvalue weighted by Gasteiger charge is -2.14. The Balaban J connectivity index is 1.59. The number of aliphatic imine (C=N–C) groups is 1. The fourth-order valence-electron chi connectivity index (χ4n) is 3.71. The molecule has 0 spiro atoms. The van der Waals surface area contributed by atoms with Gasteiger partial charge >= 0.3 is 12.2 Å². The highest BCUT2D eigenvalue weighted by Gasteiger charge is 2.33. The van der Waals surface area contributed by atoms with Crippen LogP contribution in [0.25, 0.3) is 11.3 Å². The third kappa shape index (κ3) is 5.24. The second-order valence-corrected chi connectivity index (χ2v) is 7.89. The molecule has 0 saturated carbocycles. The maximum Gasteiger partial charge on any atom is 0.418 e. The van der Waals surface area contributed by atoms with E-state index in [4.69, 9.17) is 0 Å². The number of benzene rings is 2. The molecule has 0 unspecified atom stereocenters. The van der Waals surface area contributed by atoms with Gasteiger partial charge in [-0.1, -0.05) is 42.5 Å². The monoisotopic (exact) mass is 478 g/mol. The van der Waals surface area contributed by atoms with Crippen molar-refractivity contribution >= 4 is 28.8 Å². The molecule has 9 heteroatoms. The molecule has 4 rings (SSSR count). The van der Waals surface area contributed by atoms with E-state index < -0.39 is 17.8 Å². The van der Waals surface area contributed by atoms with Gasteiger partial charge in [0.1, 0.15) is 0 Å². The Morgan fingerprint density at radius 3 is 2.43 bits per heavy atom. The quantitative estimate of drug-likeness (QED) is 0.289. The van der Waals surface area contributed by atoms with Crippen molar-refractivity contribution in [2.75, 3.05) is 10.6 Å². The zero-order valence-electron chi connectivity index (χ0n) is 18.8. The van der Waals surface area contributed by atoms with E-state index in [2.05, 4.69) is 20.6 Å². The number of aromatic amines is 1. The van der Waals surface area contributed by atoms with Gasteiger partial charge in [-0.25, -0.2) is 4.79 Å². The largest absolute Gasteiger partial charge is 0.418 e. The Kier molecular flexibility index (Phi) is 6.42. The zero-order valence-corrected chi connectivity index (χ0v) is 18.8.